The minimum Gasteiger partial charge on any atom is -0.481 e. The fourth-order valence-electron chi connectivity index (χ4n) is 3.59. The van der Waals surface area contributed by atoms with Crippen LogP contribution in [0.3, 0.4) is 0 Å². The van der Waals surface area contributed by atoms with Gasteiger partial charge in [0.25, 0.3) is 0 Å². The number of hydrogen-bond acceptors (Lipinski definition) is 5. The van der Waals surface area contributed by atoms with Gasteiger partial charge in [-0.25, -0.2) is 9.78 Å². The van der Waals surface area contributed by atoms with Crippen molar-refractivity contribution in [3.05, 3.63) is 73.0 Å². The zero-order valence-electron chi connectivity index (χ0n) is 25.6. The Labute approximate surface area is 249 Å². The largest absolute Gasteiger partial charge is 0.481 e. The Bertz CT molecular complexity index is 1320. The molecular formula is C33H46N4O3S. The minimum absolute atomic E-state index is 0.258. The van der Waals surface area contributed by atoms with Gasteiger partial charge in [-0.3, -0.25) is 15.1 Å². The number of carbonyl (C=O) groups excluding carboxylic acids is 1. The van der Waals surface area contributed by atoms with E-state index in [9.17, 15) is 9.59 Å². The van der Waals surface area contributed by atoms with E-state index in [4.69, 9.17) is 5.11 Å². The molecule has 0 radical (unpaired) electrons. The summed E-state index contributed by atoms with van der Waals surface area (Å²) in [6, 6.07) is 9.67. The lowest BCUT2D eigenvalue weighted by Crippen LogP contribution is -2.28. The zero-order valence-corrected chi connectivity index (χ0v) is 26.5. The van der Waals surface area contributed by atoms with E-state index in [2.05, 4.69) is 46.7 Å². The molecule has 3 rings (SSSR count). The summed E-state index contributed by atoms with van der Waals surface area (Å²) in [6.45, 7) is 21.5. The standard InChI is InChI=1S/C20H20N4OS.C9H18O2.C4H8/c1-4-13(5-2)14-11-15(16-9-7-8-10-22-16)18-17(12-14)23-20(26-18)24-19(25)21-6-3;1-4-5-6-7-9(2,3)8(10)11;1-4(2)3/h4-5,7-12H,1,6H2,2-3H3,(H2,21,23,24,25);4-7H2,1-3H3,(H,10,11);1H2,2-3H3/b13-5+;;. The van der Waals surface area contributed by atoms with Gasteiger partial charge in [-0.2, -0.15) is 0 Å². The van der Waals surface area contributed by atoms with E-state index in [-0.39, 0.29) is 6.03 Å². The van der Waals surface area contributed by atoms with Gasteiger partial charge in [0.2, 0.25) is 0 Å². The number of amides is 2. The van der Waals surface area contributed by atoms with Crippen molar-refractivity contribution in [2.24, 2.45) is 5.41 Å². The van der Waals surface area contributed by atoms with Crippen LogP contribution in [0, 0.1) is 5.41 Å². The molecule has 0 atom stereocenters. The number of thiazole rings is 1. The lowest BCUT2D eigenvalue weighted by molar-refractivity contribution is -0.147. The van der Waals surface area contributed by atoms with Crippen LogP contribution in [-0.4, -0.2) is 33.6 Å². The number of carbonyl (C=O) groups is 2. The fourth-order valence-corrected chi connectivity index (χ4v) is 4.56. The highest BCUT2D eigenvalue weighted by molar-refractivity contribution is 7.22. The first kappa shape index (κ1) is 35.2. The molecule has 0 aliphatic carbocycles. The van der Waals surface area contributed by atoms with Crippen LogP contribution in [0.4, 0.5) is 9.93 Å². The van der Waals surface area contributed by atoms with Crippen molar-refractivity contribution in [2.75, 3.05) is 11.9 Å². The molecule has 0 unspecified atom stereocenters. The summed E-state index contributed by atoms with van der Waals surface area (Å²) < 4.78 is 0.985. The quantitative estimate of drug-likeness (QED) is 0.126. The average molecular weight is 579 g/mol. The van der Waals surface area contributed by atoms with Crippen LogP contribution in [-0.2, 0) is 4.79 Å². The highest BCUT2D eigenvalue weighted by Crippen LogP contribution is 2.37. The van der Waals surface area contributed by atoms with Gasteiger partial charge in [-0.15, -0.1) is 6.58 Å². The molecule has 3 N–H and O–H groups in total. The molecule has 7 nitrogen and oxygen atoms in total. The molecule has 1 aromatic carbocycles. The summed E-state index contributed by atoms with van der Waals surface area (Å²) in [4.78, 5) is 31.5. The monoisotopic (exact) mass is 578 g/mol. The predicted octanol–water partition coefficient (Wildman–Crippen LogP) is 9.35. The van der Waals surface area contributed by atoms with Crippen LogP contribution in [0.25, 0.3) is 27.0 Å². The van der Waals surface area contributed by atoms with Crippen LogP contribution in [0.1, 0.15) is 79.7 Å². The molecule has 41 heavy (non-hydrogen) atoms. The molecule has 0 bridgehead atoms. The lowest BCUT2D eigenvalue weighted by Gasteiger charge is -2.18. The number of carboxylic acids is 1. The second kappa shape index (κ2) is 17.8. The number of fused-ring (bicyclic) bond motifs is 1. The van der Waals surface area contributed by atoms with Crippen LogP contribution in [0.5, 0.6) is 0 Å². The Balaban J connectivity index is 0.000000468. The third-order valence-corrected chi connectivity index (χ3v) is 6.86. The molecule has 0 saturated carbocycles. The molecule has 3 aromatic rings. The Kier molecular flexibility index (Phi) is 15.3. The fraction of sp³-hybridized carbons (Fsp3) is 0.394. The Morgan fingerprint density at radius 2 is 1.83 bits per heavy atom. The number of nitrogens with one attached hydrogen (secondary N) is 2. The molecule has 0 saturated heterocycles. The predicted molar refractivity (Wildman–Crippen MR) is 175 cm³/mol. The van der Waals surface area contributed by atoms with Crippen LogP contribution >= 0.6 is 11.3 Å². The normalized spacial score (nSPS) is 11.0. The summed E-state index contributed by atoms with van der Waals surface area (Å²) in [5, 5.41) is 14.8. The maximum atomic E-state index is 11.8. The number of carboxylic acid groups (broad SMARTS) is 1. The van der Waals surface area contributed by atoms with Crippen molar-refractivity contribution in [1.82, 2.24) is 15.3 Å². The zero-order chi connectivity index (χ0) is 31.0. The van der Waals surface area contributed by atoms with E-state index < -0.39 is 11.4 Å². The summed E-state index contributed by atoms with van der Waals surface area (Å²) in [5.41, 5.74) is 5.35. The van der Waals surface area contributed by atoms with E-state index in [0.29, 0.717) is 11.7 Å². The van der Waals surface area contributed by atoms with E-state index in [1.807, 2.05) is 64.1 Å². The first-order valence-corrected chi connectivity index (χ1v) is 14.8. The molecule has 2 amide bonds. The van der Waals surface area contributed by atoms with Crippen molar-refractivity contribution in [3.63, 3.8) is 0 Å². The van der Waals surface area contributed by atoms with Crippen molar-refractivity contribution in [2.45, 2.75) is 74.1 Å². The third-order valence-electron chi connectivity index (χ3n) is 5.84. The van der Waals surface area contributed by atoms with Crippen molar-refractivity contribution < 1.29 is 14.7 Å². The number of benzene rings is 1. The molecular weight excluding hydrogens is 532 g/mol. The van der Waals surface area contributed by atoms with Crippen LogP contribution in [0.15, 0.2) is 67.4 Å². The van der Waals surface area contributed by atoms with E-state index in [1.54, 1.807) is 20.0 Å². The molecule has 8 heteroatoms. The van der Waals surface area contributed by atoms with Gasteiger partial charge in [0.05, 0.1) is 21.3 Å². The van der Waals surface area contributed by atoms with Gasteiger partial charge in [-0.1, -0.05) is 67.9 Å². The van der Waals surface area contributed by atoms with Gasteiger partial charge in [0.1, 0.15) is 0 Å². The second-order valence-corrected chi connectivity index (χ2v) is 11.4. The number of allylic oxidation sites excluding steroid dienone is 4. The van der Waals surface area contributed by atoms with Gasteiger partial charge in [0.15, 0.2) is 5.13 Å². The summed E-state index contributed by atoms with van der Waals surface area (Å²) in [7, 11) is 0. The molecule has 222 valence electrons. The van der Waals surface area contributed by atoms with Crippen molar-refractivity contribution in [3.8, 4) is 11.3 Å². The van der Waals surface area contributed by atoms with Crippen LogP contribution in [0.2, 0.25) is 0 Å². The summed E-state index contributed by atoms with van der Waals surface area (Å²) in [5.74, 6) is -0.686. The number of hydrogen-bond donors (Lipinski definition) is 3. The number of nitrogens with zero attached hydrogens (tertiary/aromatic N) is 2. The first-order valence-electron chi connectivity index (χ1n) is 14.0. The molecule has 0 spiro atoms. The molecule has 2 aromatic heterocycles. The smallest absolute Gasteiger partial charge is 0.321 e. The van der Waals surface area contributed by atoms with Gasteiger partial charge >= 0.3 is 12.0 Å². The second-order valence-electron chi connectivity index (χ2n) is 10.4. The van der Waals surface area contributed by atoms with E-state index in [0.717, 1.165) is 58.3 Å². The number of urea groups is 1. The third kappa shape index (κ3) is 12.1. The van der Waals surface area contributed by atoms with E-state index >= 15 is 0 Å². The van der Waals surface area contributed by atoms with Gasteiger partial charge in [0, 0.05) is 18.3 Å². The van der Waals surface area contributed by atoms with Crippen molar-refractivity contribution in [1.29, 1.82) is 0 Å². The molecule has 0 aliphatic heterocycles. The lowest BCUT2D eigenvalue weighted by atomic mass is 9.87. The van der Waals surface area contributed by atoms with Gasteiger partial charge in [-0.05, 0) is 83.4 Å². The molecule has 2 heterocycles. The number of unbranched alkanes of at least 4 members (excludes halogenated alkanes) is 2. The highest BCUT2D eigenvalue weighted by atomic mass is 32.1. The Morgan fingerprint density at radius 3 is 2.34 bits per heavy atom. The topological polar surface area (TPSA) is 104 Å². The number of aromatic nitrogens is 2. The molecule has 0 fully saturated rings. The number of pyridine rings is 1. The maximum Gasteiger partial charge on any atom is 0.321 e. The molecule has 0 aliphatic rings. The number of aliphatic carboxylic acids is 1. The Morgan fingerprint density at radius 1 is 1.15 bits per heavy atom. The number of anilines is 1. The Hall–Kier alpha value is -3.78. The first-order chi connectivity index (χ1) is 19.4. The SMILES string of the molecule is C=C(C)C.C=C/C(=C\C)c1cc(-c2ccccn2)c2sc(NC(=O)NCC)nc2c1.CCCCCC(C)(C)C(=O)O. The highest BCUT2D eigenvalue weighted by Gasteiger charge is 2.25. The average Bonchev–Trinajstić information content (AvgIpc) is 3.32. The summed E-state index contributed by atoms with van der Waals surface area (Å²) >= 11 is 1.44. The maximum absolute atomic E-state index is 11.8. The minimum atomic E-state index is -0.686. The van der Waals surface area contributed by atoms with E-state index in [1.165, 1.54) is 16.9 Å². The number of rotatable bonds is 10. The van der Waals surface area contributed by atoms with Gasteiger partial charge < -0.3 is 10.4 Å². The summed E-state index contributed by atoms with van der Waals surface area (Å²) in [6.07, 6.45) is 9.70. The van der Waals surface area contributed by atoms with Crippen molar-refractivity contribution >= 4 is 44.3 Å². The van der Waals surface area contributed by atoms with Crippen LogP contribution < -0.4 is 10.6 Å².